The monoisotopic (exact) mass is 250 g/mol. The smallest absolute Gasteiger partial charge is 0.137 e. The number of H-pyrrole nitrogens is 3. The number of hydrogen-bond acceptors (Lipinski definition) is 5. The van der Waals surface area contributed by atoms with E-state index in [9.17, 15) is 0 Å². The molecular weight excluding hydrogens is 232 g/mol. The molecule has 18 heavy (non-hydrogen) atoms. The summed E-state index contributed by atoms with van der Waals surface area (Å²) in [6.45, 7) is 5.62. The minimum Gasteiger partial charge on any atom is -0.349 e. The minimum atomic E-state index is 0. The fourth-order valence-corrected chi connectivity index (χ4v) is 0.877. The van der Waals surface area contributed by atoms with E-state index in [1.807, 2.05) is 20.8 Å². The van der Waals surface area contributed by atoms with Crippen molar-refractivity contribution < 1.29 is 1.43 Å². The molecule has 0 aromatic carbocycles. The average Bonchev–Trinajstić information content (AvgIpc) is 3.05. The van der Waals surface area contributed by atoms with Crippen molar-refractivity contribution in [3.8, 4) is 0 Å². The van der Waals surface area contributed by atoms with Crippen LogP contribution in [0.4, 0.5) is 0 Å². The summed E-state index contributed by atoms with van der Waals surface area (Å²) in [5.41, 5.74) is 0. The lowest BCUT2D eigenvalue weighted by atomic mass is 10.8. The highest BCUT2D eigenvalue weighted by Crippen LogP contribution is 1.78. The lowest BCUT2D eigenvalue weighted by Gasteiger charge is -1.68. The summed E-state index contributed by atoms with van der Waals surface area (Å²) >= 11 is 0. The van der Waals surface area contributed by atoms with Crippen LogP contribution in [0.2, 0.25) is 0 Å². The summed E-state index contributed by atoms with van der Waals surface area (Å²) in [6, 6.07) is 0. The van der Waals surface area contributed by atoms with E-state index in [0.717, 1.165) is 17.5 Å². The van der Waals surface area contributed by atoms with Crippen LogP contribution >= 0.6 is 0 Å². The van der Waals surface area contributed by atoms with Gasteiger partial charge in [0, 0.05) is 13.8 Å². The molecule has 0 fully saturated rings. The summed E-state index contributed by atoms with van der Waals surface area (Å²) in [6.07, 6.45) is 6.50. The average molecular weight is 250 g/mol. The maximum atomic E-state index is 3.86. The summed E-state index contributed by atoms with van der Waals surface area (Å²) < 4.78 is 0. The van der Waals surface area contributed by atoms with E-state index in [1.54, 1.807) is 12.4 Å². The molecule has 0 aliphatic carbocycles. The first-order chi connectivity index (χ1) is 8.68. The van der Waals surface area contributed by atoms with Gasteiger partial charge in [-0.25, -0.2) is 15.0 Å². The SMILES string of the molecule is Cc1ncc[nH]1.Cc1ncn[nH]1.Cc1ncn[nH]1.[HH]. The maximum absolute atomic E-state index is 3.86. The molecule has 0 bridgehead atoms. The Morgan fingerprint density at radius 1 is 0.833 bits per heavy atom. The lowest BCUT2D eigenvalue weighted by molar-refractivity contribution is 1.04. The number of aromatic amines is 3. The van der Waals surface area contributed by atoms with Gasteiger partial charge in [0.15, 0.2) is 0 Å². The van der Waals surface area contributed by atoms with Crippen LogP contribution in [0.5, 0.6) is 0 Å². The number of imidazole rings is 1. The van der Waals surface area contributed by atoms with Crippen LogP contribution in [-0.4, -0.2) is 40.3 Å². The first kappa shape index (κ1) is 13.6. The third-order valence-electron chi connectivity index (χ3n) is 1.71. The van der Waals surface area contributed by atoms with Crippen LogP contribution < -0.4 is 0 Å². The van der Waals surface area contributed by atoms with Gasteiger partial charge in [0.2, 0.25) is 0 Å². The zero-order chi connectivity index (χ0) is 13.2. The number of nitrogens with zero attached hydrogens (tertiary/aromatic N) is 5. The molecule has 8 nitrogen and oxygen atoms in total. The van der Waals surface area contributed by atoms with Crippen molar-refractivity contribution in [1.82, 2.24) is 40.3 Å². The molecule has 3 aromatic heterocycles. The molecule has 0 atom stereocenters. The van der Waals surface area contributed by atoms with Crippen LogP contribution in [0, 0.1) is 20.8 Å². The molecule has 3 rings (SSSR count). The fourth-order valence-electron chi connectivity index (χ4n) is 0.877. The number of aromatic nitrogens is 8. The van der Waals surface area contributed by atoms with Crippen LogP contribution in [0.3, 0.4) is 0 Å². The second-order valence-electron chi connectivity index (χ2n) is 3.32. The second-order valence-corrected chi connectivity index (χ2v) is 3.32. The molecule has 0 spiro atoms. The Bertz CT molecular complexity index is 411. The van der Waals surface area contributed by atoms with Gasteiger partial charge >= 0.3 is 0 Å². The first-order valence-corrected chi connectivity index (χ1v) is 5.28. The summed E-state index contributed by atoms with van der Waals surface area (Å²) in [4.78, 5) is 14.2. The van der Waals surface area contributed by atoms with E-state index in [1.165, 1.54) is 12.7 Å². The molecule has 0 amide bonds. The van der Waals surface area contributed by atoms with Crippen molar-refractivity contribution in [3.63, 3.8) is 0 Å². The van der Waals surface area contributed by atoms with Gasteiger partial charge in [-0.15, -0.1) is 0 Å². The van der Waals surface area contributed by atoms with Crippen LogP contribution in [0.25, 0.3) is 0 Å². The standard InChI is InChI=1S/C4H6N2.2C3H5N3.H2/c1-4-5-2-3-6-4;2*1-3-4-2-5-6-3;/h2-3H,1H3,(H,5,6);2*2H,1H3,(H,4,5,6);1H. The molecule has 0 saturated heterocycles. The zero-order valence-corrected chi connectivity index (χ0v) is 10.5. The van der Waals surface area contributed by atoms with Crippen molar-refractivity contribution in [2.24, 2.45) is 0 Å². The topological polar surface area (TPSA) is 112 Å². The molecule has 3 N–H and O–H groups in total. The fraction of sp³-hybridized carbons (Fsp3) is 0.300. The van der Waals surface area contributed by atoms with Crippen molar-refractivity contribution in [2.75, 3.05) is 0 Å². The van der Waals surface area contributed by atoms with Gasteiger partial charge < -0.3 is 4.98 Å². The van der Waals surface area contributed by atoms with E-state index in [2.05, 4.69) is 40.3 Å². The summed E-state index contributed by atoms with van der Waals surface area (Å²) in [7, 11) is 0. The van der Waals surface area contributed by atoms with Gasteiger partial charge in [0.1, 0.15) is 30.1 Å². The summed E-state index contributed by atoms with van der Waals surface area (Å²) in [5, 5.41) is 12.4. The molecule has 0 radical (unpaired) electrons. The van der Waals surface area contributed by atoms with Crippen molar-refractivity contribution in [2.45, 2.75) is 20.8 Å². The zero-order valence-electron chi connectivity index (χ0n) is 10.5. The number of rotatable bonds is 0. The lowest BCUT2D eigenvalue weighted by Crippen LogP contribution is -1.68. The molecule has 0 aliphatic rings. The highest BCUT2D eigenvalue weighted by molar-refractivity contribution is 4.80. The van der Waals surface area contributed by atoms with Crippen LogP contribution in [-0.2, 0) is 0 Å². The molecule has 0 aliphatic heterocycles. The van der Waals surface area contributed by atoms with Gasteiger partial charge in [-0.3, -0.25) is 10.2 Å². The van der Waals surface area contributed by atoms with Gasteiger partial charge in [-0.05, 0) is 20.8 Å². The van der Waals surface area contributed by atoms with Gasteiger partial charge in [-0.2, -0.15) is 10.2 Å². The van der Waals surface area contributed by atoms with E-state index >= 15 is 0 Å². The number of nitrogens with one attached hydrogen (secondary N) is 3. The highest BCUT2D eigenvalue weighted by Gasteiger charge is 1.76. The Hall–Kier alpha value is -2.51. The third kappa shape index (κ3) is 6.16. The first-order valence-electron chi connectivity index (χ1n) is 5.28. The minimum absolute atomic E-state index is 0. The van der Waals surface area contributed by atoms with Crippen LogP contribution in [0.15, 0.2) is 25.0 Å². The predicted molar refractivity (Wildman–Crippen MR) is 67.7 cm³/mol. The van der Waals surface area contributed by atoms with Gasteiger partial charge in [-0.1, -0.05) is 0 Å². The van der Waals surface area contributed by atoms with Crippen molar-refractivity contribution in [3.05, 3.63) is 42.5 Å². The molecule has 3 heterocycles. The van der Waals surface area contributed by atoms with Gasteiger partial charge in [0.05, 0.1) is 0 Å². The van der Waals surface area contributed by atoms with E-state index < -0.39 is 0 Å². The Morgan fingerprint density at radius 3 is 1.50 bits per heavy atom. The molecule has 98 valence electrons. The quantitative estimate of drug-likeness (QED) is 0.555. The molecular formula is C10H18N8. The largest absolute Gasteiger partial charge is 0.349 e. The second kappa shape index (κ2) is 7.71. The number of aryl methyl sites for hydroxylation is 3. The third-order valence-corrected chi connectivity index (χ3v) is 1.71. The van der Waals surface area contributed by atoms with E-state index in [0.29, 0.717) is 0 Å². The Morgan fingerprint density at radius 2 is 1.39 bits per heavy atom. The summed E-state index contributed by atoms with van der Waals surface area (Å²) in [5.74, 6) is 2.68. The normalized spacial score (nSPS) is 8.83. The molecule has 8 heteroatoms. The maximum Gasteiger partial charge on any atom is 0.137 e. The Labute approximate surface area is 106 Å². The Balaban J connectivity index is 0.000000249. The van der Waals surface area contributed by atoms with E-state index in [-0.39, 0.29) is 1.43 Å². The van der Waals surface area contributed by atoms with Crippen molar-refractivity contribution >= 4 is 0 Å². The van der Waals surface area contributed by atoms with E-state index in [4.69, 9.17) is 0 Å². The highest BCUT2D eigenvalue weighted by atomic mass is 15.2. The molecule has 0 unspecified atom stereocenters. The number of hydrogen-bond donors (Lipinski definition) is 3. The predicted octanol–water partition coefficient (Wildman–Crippen LogP) is 1.19. The molecule has 0 saturated carbocycles. The Kier molecular flexibility index (Phi) is 5.81. The van der Waals surface area contributed by atoms with Crippen LogP contribution in [0.1, 0.15) is 18.9 Å². The van der Waals surface area contributed by atoms with Gasteiger partial charge in [0.25, 0.3) is 0 Å². The van der Waals surface area contributed by atoms with Crippen molar-refractivity contribution in [1.29, 1.82) is 0 Å². The molecule has 3 aromatic rings.